The van der Waals surface area contributed by atoms with E-state index in [1.54, 1.807) is 0 Å². The molecule has 1 nitrogen and oxygen atoms in total. The van der Waals surface area contributed by atoms with Gasteiger partial charge >= 0.3 is 0 Å². The lowest BCUT2D eigenvalue weighted by Gasteiger charge is -2.20. The average Bonchev–Trinajstić information content (AvgIpc) is 2.44. The molecule has 0 bridgehead atoms. The van der Waals surface area contributed by atoms with Crippen molar-refractivity contribution >= 4 is 0 Å². The Kier molecular flexibility index (Phi) is 7.75. The molecule has 102 valence electrons. The van der Waals surface area contributed by atoms with Gasteiger partial charge in [-0.1, -0.05) is 63.9 Å². The molecule has 0 aliphatic carbocycles. The highest BCUT2D eigenvalue weighted by Crippen LogP contribution is 2.25. The molecule has 1 rings (SSSR count). The van der Waals surface area contributed by atoms with E-state index in [1.807, 2.05) is 0 Å². The van der Waals surface area contributed by atoms with Gasteiger partial charge in [-0.25, -0.2) is 0 Å². The van der Waals surface area contributed by atoms with Crippen molar-refractivity contribution in [1.29, 1.82) is 0 Å². The topological polar surface area (TPSA) is 12.0 Å². The zero-order valence-electron chi connectivity index (χ0n) is 12.3. The smallest absolute Gasteiger partial charge is 0.00200 e. The van der Waals surface area contributed by atoms with Gasteiger partial charge in [0.25, 0.3) is 0 Å². The molecule has 1 N–H and O–H groups in total. The summed E-state index contributed by atoms with van der Waals surface area (Å²) < 4.78 is 0. The van der Waals surface area contributed by atoms with Crippen LogP contribution in [-0.4, -0.2) is 13.1 Å². The molecule has 0 aliphatic heterocycles. The molecule has 0 radical (unpaired) electrons. The minimum Gasteiger partial charge on any atom is -0.316 e. The summed E-state index contributed by atoms with van der Waals surface area (Å²) in [6.45, 7) is 8.99. The Balaban J connectivity index is 2.56. The zero-order valence-corrected chi connectivity index (χ0v) is 12.3. The molecule has 0 amide bonds. The Labute approximate surface area is 113 Å². The standard InChI is InChI=1S/C17H29N/c1-4-15(5-2)12-13-17(14-18-6-3)16-10-8-7-9-11-16/h7-11,15,17-18H,4-6,12-14H2,1-3H3. The summed E-state index contributed by atoms with van der Waals surface area (Å²) in [5.41, 5.74) is 1.49. The van der Waals surface area contributed by atoms with Gasteiger partial charge in [0.15, 0.2) is 0 Å². The van der Waals surface area contributed by atoms with E-state index in [-0.39, 0.29) is 0 Å². The van der Waals surface area contributed by atoms with Crippen molar-refractivity contribution in [3.05, 3.63) is 35.9 Å². The maximum atomic E-state index is 3.51. The predicted octanol–water partition coefficient (Wildman–Crippen LogP) is 4.60. The predicted molar refractivity (Wildman–Crippen MR) is 81.0 cm³/mol. The van der Waals surface area contributed by atoms with Crippen LogP contribution in [0.4, 0.5) is 0 Å². The number of likely N-dealkylation sites (N-methyl/N-ethyl adjacent to an activating group) is 1. The summed E-state index contributed by atoms with van der Waals surface area (Å²) in [6, 6.07) is 11.0. The first-order valence-corrected chi connectivity index (χ1v) is 7.57. The van der Waals surface area contributed by atoms with E-state index in [1.165, 1.54) is 31.2 Å². The van der Waals surface area contributed by atoms with Crippen molar-refractivity contribution in [2.45, 2.75) is 52.4 Å². The molecule has 1 aromatic carbocycles. The third-order valence-electron chi connectivity index (χ3n) is 3.99. The highest BCUT2D eigenvalue weighted by Gasteiger charge is 2.13. The van der Waals surface area contributed by atoms with Crippen molar-refractivity contribution in [2.24, 2.45) is 5.92 Å². The van der Waals surface area contributed by atoms with Crippen LogP contribution >= 0.6 is 0 Å². The molecule has 1 atom stereocenters. The molecule has 0 saturated carbocycles. The lowest BCUT2D eigenvalue weighted by molar-refractivity contribution is 0.410. The van der Waals surface area contributed by atoms with Gasteiger partial charge in [0.1, 0.15) is 0 Å². The van der Waals surface area contributed by atoms with E-state index in [9.17, 15) is 0 Å². The molecule has 0 saturated heterocycles. The lowest BCUT2D eigenvalue weighted by atomic mass is 9.88. The summed E-state index contributed by atoms with van der Waals surface area (Å²) in [5.74, 6) is 1.57. The van der Waals surface area contributed by atoms with Gasteiger partial charge in [0.2, 0.25) is 0 Å². The molecule has 0 aliphatic rings. The first-order chi connectivity index (χ1) is 8.81. The van der Waals surface area contributed by atoms with Crippen LogP contribution in [0.5, 0.6) is 0 Å². The second kappa shape index (κ2) is 9.16. The zero-order chi connectivity index (χ0) is 13.2. The molecular formula is C17H29N. The molecule has 0 fully saturated rings. The Morgan fingerprint density at radius 3 is 2.17 bits per heavy atom. The van der Waals surface area contributed by atoms with Crippen molar-refractivity contribution in [3.63, 3.8) is 0 Å². The number of benzene rings is 1. The molecule has 0 spiro atoms. The minimum absolute atomic E-state index is 0.673. The van der Waals surface area contributed by atoms with Crippen molar-refractivity contribution in [2.75, 3.05) is 13.1 Å². The highest BCUT2D eigenvalue weighted by molar-refractivity contribution is 5.19. The third-order valence-corrected chi connectivity index (χ3v) is 3.99. The van der Waals surface area contributed by atoms with E-state index in [2.05, 4.69) is 56.4 Å². The summed E-state index contributed by atoms with van der Waals surface area (Å²) in [7, 11) is 0. The van der Waals surface area contributed by atoms with Gasteiger partial charge < -0.3 is 5.32 Å². The lowest BCUT2D eigenvalue weighted by Crippen LogP contribution is -2.21. The van der Waals surface area contributed by atoms with Crippen LogP contribution in [0, 0.1) is 5.92 Å². The van der Waals surface area contributed by atoms with Crippen LogP contribution in [0.3, 0.4) is 0 Å². The van der Waals surface area contributed by atoms with E-state index >= 15 is 0 Å². The Morgan fingerprint density at radius 1 is 0.944 bits per heavy atom. The summed E-state index contributed by atoms with van der Waals surface area (Å²) in [4.78, 5) is 0. The number of rotatable bonds is 9. The van der Waals surface area contributed by atoms with Crippen LogP contribution in [0.15, 0.2) is 30.3 Å². The molecule has 0 aromatic heterocycles. The fourth-order valence-electron chi connectivity index (χ4n) is 2.56. The minimum atomic E-state index is 0.673. The van der Waals surface area contributed by atoms with Crippen LogP contribution in [0.2, 0.25) is 0 Å². The van der Waals surface area contributed by atoms with Crippen LogP contribution in [0.25, 0.3) is 0 Å². The van der Waals surface area contributed by atoms with Gasteiger partial charge in [-0.05, 0) is 36.8 Å². The first kappa shape index (κ1) is 15.2. The maximum absolute atomic E-state index is 3.51. The Morgan fingerprint density at radius 2 is 1.61 bits per heavy atom. The fraction of sp³-hybridized carbons (Fsp3) is 0.647. The van der Waals surface area contributed by atoms with Gasteiger partial charge in [-0.2, -0.15) is 0 Å². The third kappa shape index (κ3) is 5.22. The van der Waals surface area contributed by atoms with Crippen LogP contribution in [0.1, 0.15) is 57.9 Å². The van der Waals surface area contributed by atoms with Gasteiger partial charge in [0.05, 0.1) is 0 Å². The summed E-state index contributed by atoms with van der Waals surface area (Å²) in [6.07, 6.45) is 5.31. The van der Waals surface area contributed by atoms with E-state index in [0.717, 1.165) is 19.0 Å². The molecule has 1 unspecified atom stereocenters. The van der Waals surface area contributed by atoms with Gasteiger partial charge in [0, 0.05) is 6.54 Å². The largest absolute Gasteiger partial charge is 0.316 e. The molecule has 1 heteroatoms. The SMILES string of the molecule is CCNCC(CCC(CC)CC)c1ccccc1. The summed E-state index contributed by atoms with van der Waals surface area (Å²) in [5, 5.41) is 3.51. The molecule has 18 heavy (non-hydrogen) atoms. The second-order valence-electron chi connectivity index (χ2n) is 5.18. The highest BCUT2D eigenvalue weighted by atomic mass is 14.8. The Hall–Kier alpha value is -0.820. The Bertz CT molecular complexity index is 290. The fourth-order valence-corrected chi connectivity index (χ4v) is 2.56. The number of hydrogen-bond donors (Lipinski definition) is 1. The molecule has 1 aromatic rings. The normalized spacial score (nSPS) is 12.9. The quantitative estimate of drug-likeness (QED) is 0.672. The first-order valence-electron chi connectivity index (χ1n) is 7.57. The maximum Gasteiger partial charge on any atom is 0.00200 e. The van der Waals surface area contributed by atoms with E-state index < -0.39 is 0 Å². The molecule has 0 heterocycles. The molecular weight excluding hydrogens is 218 g/mol. The van der Waals surface area contributed by atoms with Crippen molar-refractivity contribution < 1.29 is 0 Å². The number of hydrogen-bond acceptors (Lipinski definition) is 1. The van der Waals surface area contributed by atoms with Crippen molar-refractivity contribution in [3.8, 4) is 0 Å². The van der Waals surface area contributed by atoms with Crippen LogP contribution < -0.4 is 5.32 Å². The second-order valence-corrected chi connectivity index (χ2v) is 5.18. The summed E-state index contributed by atoms with van der Waals surface area (Å²) >= 11 is 0. The number of nitrogens with one attached hydrogen (secondary N) is 1. The van der Waals surface area contributed by atoms with Gasteiger partial charge in [-0.15, -0.1) is 0 Å². The monoisotopic (exact) mass is 247 g/mol. The average molecular weight is 247 g/mol. The van der Waals surface area contributed by atoms with Gasteiger partial charge in [-0.3, -0.25) is 0 Å². The van der Waals surface area contributed by atoms with Crippen LogP contribution in [-0.2, 0) is 0 Å². The van der Waals surface area contributed by atoms with Crippen molar-refractivity contribution in [1.82, 2.24) is 5.32 Å². The van der Waals surface area contributed by atoms with E-state index in [0.29, 0.717) is 5.92 Å². The van der Waals surface area contributed by atoms with E-state index in [4.69, 9.17) is 0 Å².